The summed E-state index contributed by atoms with van der Waals surface area (Å²) >= 11 is 3.16. The Morgan fingerprint density at radius 3 is 2.95 bits per heavy atom. The third-order valence-corrected chi connectivity index (χ3v) is 4.24. The molecule has 0 aliphatic rings. The Morgan fingerprint density at radius 1 is 1.32 bits per heavy atom. The highest BCUT2D eigenvalue weighted by Gasteiger charge is 2.07. The van der Waals surface area contributed by atoms with Gasteiger partial charge in [0, 0.05) is 36.3 Å². The van der Waals surface area contributed by atoms with E-state index < -0.39 is 0 Å². The van der Waals surface area contributed by atoms with E-state index in [1.54, 1.807) is 28.9 Å². The molecule has 3 N–H and O–H groups in total. The monoisotopic (exact) mass is 296 g/mol. The van der Waals surface area contributed by atoms with E-state index >= 15 is 0 Å². The van der Waals surface area contributed by atoms with Crippen LogP contribution in [0.1, 0.15) is 15.7 Å². The van der Waals surface area contributed by atoms with Crippen molar-refractivity contribution in [3.8, 4) is 0 Å². The van der Waals surface area contributed by atoms with Crippen molar-refractivity contribution in [2.24, 2.45) is 5.73 Å². The second kappa shape index (κ2) is 7.32. The van der Waals surface area contributed by atoms with Crippen molar-refractivity contribution < 1.29 is 4.79 Å². The average molecular weight is 296 g/mol. The third kappa shape index (κ3) is 4.70. The first-order valence-corrected chi connectivity index (χ1v) is 7.82. The summed E-state index contributed by atoms with van der Waals surface area (Å²) in [5.74, 6) is 0.00107. The number of amides is 1. The quantitative estimate of drug-likeness (QED) is 0.799. The lowest BCUT2D eigenvalue weighted by atomic mass is 10.3. The lowest BCUT2D eigenvalue weighted by molar-refractivity contribution is -0.120. The Kier molecular flexibility index (Phi) is 5.44. The van der Waals surface area contributed by atoms with E-state index in [-0.39, 0.29) is 5.91 Å². The van der Waals surface area contributed by atoms with Gasteiger partial charge in [0.05, 0.1) is 22.1 Å². The summed E-state index contributed by atoms with van der Waals surface area (Å²) in [6.45, 7) is 1.21. The van der Waals surface area contributed by atoms with Gasteiger partial charge in [-0.3, -0.25) is 4.79 Å². The predicted octanol–water partition coefficient (Wildman–Crippen LogP) is 1.00. The van der Waals surface area contributed by atoms with Crippen LogP contribution in [0, 0.1) is 0 Å². The van der Waals surface area contributed by atoms with Crippen LogP contribution in [0.3, 0.4) is 0 Å². The normalized spacial score (nSPS) is 10.6. The summed E-state index contributed by atoms with van der Waals surface area (Å²) in [6, 6.07) is 0. The molecule has 0 aromatic carbocycles. The Balaban J connectivity index is 1.71. The van der Waals surface area contributed by atoms with E-state index in [4.69, 9.17) is 5.73 Å². The standard InChI is InChI=1S/C12H16N4OS2/c13-3-1-12-16-9(8-19-12)7-10(17)14-4-2-11-15-5-6-18-11/h5-6,8H,1-4,7,13H2,(H,14,17). The first-order chi connectivity index (χ1) is 9.28. The van der Waals surface area contributed by atoms with Crippen LogP contribution in [0.15, 0.2) is 17.0 Å². The van der Waals surface area contributed by atoms with E-state index in [0.717, 1.165) is 28.6 Å². The third-order valence-electron chi connectivity index (χ3n) is 2.44. The van der Waals surface area contributed by atoms with Crippen LogP contribution in [0.2, 0.25) is 0 Å². The van der Waals surface area contributed by atoms with Crippen LogP contribution in [-0.2, 0) is 24.1 Å². The molecule has 0 aliphatic heterocycles. The topological polar surface area (TPSA) is 80.9 Å². The van der Waals surface area contributed by atoms with Crippen molar-refractivity contribution in [1.29, 1.82) is 0 Å². The number of nitrogens with one attached hydrogen (secondary N) is 1. The molecule has 5 nitrogen and oxygen atoms in total. The molecule has 0 saturated heterocycles. The molecule has 0 unspecified atom stereocenters. The fourth-order valence-electron chi connectivity index (χ4n) is 1.58. The number of hydrogen-bond donors (Lipinski definition) is 2. The molecular formula is C12H16N4OS2. The van der Waals surface area contributed by atoms with Gasteiger partial charge in [0.25, 0.3) is 0 Å². The summed E-state index contributed by atoms with van der Waals surface area (Å²) in [4.78, 5) is 20.3. The molecule has 0 radical (unpaired) electrons. The minimum absolute atomic E-state index is 0.00107. The Bertz CT molecular complexity index is 510. The molecule has 2 rings (SSSR count). The Labute approximate surface area is 119 Å². The van der Waals surface area contributed by atoms with Crippen LogP contribution >= 0.6 is 22.7 Å². The fraction of sp³-hybridized carbons (Fsp3) is 0.417. The first-order valence-electron chi connectivity index (χ1n) is 6.06. The van der Waals surface area contributed by atoms with Gasteiger partial charge >= 0.3 is 0 Å². The molecule has 102 valence electrons. The second-order valence-corrected chi connectivity index (χ2v) is 5.90. The number of nitrogens with two attached hydrogens (primary N) is 1. The maximum atomic E-state index is 11.7. The molecule has 0 saturated carbocycles. The number of carbonyl (C=O) groups excluding carboxylic acids is 1. The maximum Gasteiger partial charge on any atom is 0.226 e. The number of hydrogen-bond acceptors (Lipinski definition) is 6. The highest BCUT2D eigenvalue weighted by atomic mass is 32.1. The van der Waals surface area contributed by atoms with E-state index in [1.807, 2.05) is 10.8 Å². The minimum atomic E-state index is 0.00107. The molecule has 0 aliphatic carbocycles. The summed E-state index contributed by atoms with van der Waals surface area (Å²) in [5, 5.41) is 8.77. The SMILES string of the molecule is NCCc1nc(CC(=O)NCCc2nccs2)cs1. The average Bonchev–Trinajstić information content (AvgIpc) is 3.02. The van der Waals surface area contributed by atoms with Gasteiger partial charge < -0.3 is 11.1 Å². The zero-order valence-corrected chi connectivity index (χ0v) is 12.1. The lowest BCUT2D eigenvalue weighted by Gasteiger charge is -2.02. The molecule has 19 heavy (non-hydrogen) atoms. The fourth-order valence-corrected chi connectivity index (χ4v) is 3.01. The van der Waals surface area contributed by atoms with E-state index in [9.17, 15) is 4.79 Å². The summed E-state index contributed by atoms with van der Waals surface area (Å²) in [7, 11) is 0. The van der Waals surface area contributed by atoms with Crippen LogP contribution in [-0.4, -0.2) is 29.0 Å². The molecule has 2 aromatic heterocycles. The van der Waals surface area contributed by atoms with Crippen LogP contribution in [0.25, 0.3) is 0 Å². The van der Waals surface area contributed by atoms with Gasteiger partial charge in [-0.15, -0.1) is 22.7 Å². The van der Waals surface area contributed by atoms with Gasteiger partial charge in [0.2, 0.25) is 5.91 Å². The van der Waals surface area contributed by atoms with Gasteiger partial charge in [-0.2, -0.15) is 0 Å². The lowest BCUT2D eigenvalue weighted by Crippen LogP contribution is -2.27. The van der Waals surface area contributed by atoms with Crippen LogP contribution < -0.4 is 11.1 Å². The van der Waals surface area contributed by atoms with Crippen LogP contribution in [0.5, 0.6) is 0 Å². The molecule has 1 amide bonds. The highest BCUT2D eigenvalue weighted by molar-refractivity contribution is 7.09. The molecule has 7 heteroatoms. The van der Waals surface area contributed by atoms with Crippen LogP contribution in [0.4, 0.5) is 0 Å². The van der Waals surface area contributed by atoms with Crippen molar-refractivity contribution in [2.75, 3.05) is 13.1 Å². The van der Waals surface area contributed by atoms with E-state index in [2.05, 4.69) is 15.3 Å². The zero-order valence-electron chi connectivity index (χ0n) is 10.5. The predicted molar refractivity (Wildman–Crippen MR) is 77.4 cm³/mol. The molecule has 0 spiro atoms. The van der Waals surface area contributed by atoms with Gasteiger partial charge in [-0.1, -0.05) is 0 Å². The number of thiazole rings is 2. The van der Waals surface area contributed by atoms with Crippen molar-refractivity contribution in [2.45, 2.75) is 19.3 Å². The van der Waals surface area contributed by atoms with E-state index in [1.165, 1.54) is 0 Å². The Hall–Kier alpha value is -1.31. The van der Waals surface area contributed by atoms with Crippen molar-refractivity contribution >= 4 is 28.6 Å². The zero-order chi connectivity index (χ0) is 13.5. The molecule has 0 bridgehead atoms. The summed E-state index contributed by atoms with van der Waals surface area (Å²) in [5.41, 5.74) is 6.29. The molecular weight excluding hydrogens is 280 g/mol. The maximum absolute atomic E-state index is 11.7. The first kappa shape index (κ1) is 14.1. The van der Waals surface area contributed by atoms with E-state index in [0.29, 0.717) is 19.5 Å². The van der Waals surface area contributed by atoms with Gasteiger partial charge in [-0.25, -0.2) is 9.97 Å². The molecule has 2 heterocycles. The smallest absolute Gasteiger partial charge is 0.226 e. The minimum Gasteiger partial charge on any atom is -0.355 e. The van der Waals surface area contributed by atoms with Gasteiger partial charge in [0.15, 0.2) is 0 Å². The number of aromatic nitrogens is 2. The van der Waals surface area contributed by atoms with Crippen molar-refractivity contribution in [3.63, 3.8) is 0 Å². The summed E-state index contributed by atoms with van der Waals surface area (Å²) < 4.78 is 0. The van der Waals surface area contributed by atoms with Crippen molar-refractivity contribution in [1.82, 2.24) is 15.3 Å². The highest BCUT2D eigenvalue weighted by Crippen LogP contribution is 2.10. The number of rotatable bonds is 7. The Morgan fingerprint density at radius 2 is 2.21 bits per heavy atom. The second-order valence-electron chi connectivity index (χ2n) is 3.97. The van der Waals surface area contributed by atoms with Crippen molar-refractivity contribution in [3.05, 3.63) is 32.7 Å². The molecule has 2 aromatic rings. The van der Waals surface area contributed by atoms with Gasteiger partial charge in [0.1, 0.15) is 0 Å². The summed E-state index contributed by atoms with van der Waals surface area (Å²) in [6.07, 6.45) is 3.66. The molecule has 0 fully saturated rings. The largest absolute Gasteiger partial charge is 0.355 e. The number of nitrogens with zero attached hydrogens (tertiary/aromatic N) is 2. The number of carbonyl (C=O) groups is 1. The molecule has 0 atom stereocenters. The van der Waals surface area contributed by atoms with Gasteiger partial charge in [-0.05, 0) is 6.54 Å².